The van der Waals surface area contributed by atoms with Crippen molar-refractivity contribution in [2.24, 2.45) is 0 Å². The van der Waals surface area contributed by atoms with Crippen molar-refractivity contribution in [3.8, 4) is 0 Å². The molecule has 1 amide bonds. The van der Waals surface area contributed by atoms with E-state index < -0.39 is 15.1 Å². The molecule has 1 unspecified atom stereocenters. The molecule has 132 valence electrons. The summed E-state index contributed by atoms with van der Waals surface area (Å²) in [6.45, 7) is 11.6. The third-order valence-electron chi connectivity index (χ3n) is 4.74. The second-order valence-electron chi connectivity index (χ2n) is 6.29. The number of hydrogen-bond donors (Lipinski definition) is 0. The van der Waals surface area contributed by atoms with Crippen LogP contribution in [0.1, 0.15) is 18.1 Å². The Labute approximate surface area is 144 Å². The maximum Gasteiger partial charge on any atom is 0.240 e. The van der Waals surface area contributed by atoms with Crippen LogP contribution in [0, 0.1) is 13.8 Å². The van der Waals surface area contributed by atoms with E-state index in [0.29, 0.717) is 26.2 Å². The Morgan fingerprint density at radius 1 is 1.25 bits per heavy atom. The molecule has 1 fully saturated rings. The Morgan fingerprint density at radius 3 is 2.46 bits per heavy atom. The molecule has 6 heteroatoms. The Hall–Kier alpha value is -1.82. The van der Waals surface area contributed by atoms with Crippen LogP contribution >= 0.6 is 0 Å². The van der Waals surface area contributed by atoms with Crippen molar-refractivity contribution in [3.63, 3.8) is 0 Å². The normalized spacial score (nSPS) is 16.8. The molecule has 1 aromatic rings. The predicted molar refractivity (Wildman–Crippen MR) is 98.2 cm³/mol. The van der Waals surface area contributed by atoms with E-state index in [1.807, 2.05) is 6.07 Å². The first-order valence-electron chi connectivity index (χ1n) is 8.20. The van der Waals surface area contributed by atoms with Gasteiger partial charge in [-0.2, -0.15) is 0 Å². The highest BCUT2D eigenvalue weighted by molar-refractivity contribution is 7.92. The lowest BCUT2D eigenvalue weighted by Crippen LogP contribution is -2.52. The van der Waals surface area contributed by atoms with Gasteiger partial charge in [0, 0.05) is 31.9 Å². The van der Waals surface area contributed by atoms with Gasteiger partial charge in [0.25, 0.3) is 0 Å². The molecular formula is C18H26N2O3S. The highest BCUT2D eigenvalue weighted by Gasteiger charge is 2.32. The predicted octanol–water partition coefficient (Wildman–Crippen LogP) is 1.94. The average Bonchev–Trinajstić information content (AvgIpc) is 2.56. The molecule has 0 saturated carbocycles. The van der Waals surface area contributed by atoms with Gasteiger partial charge in [-0.15, -0.1) is 6.58 Å². The third-order valence-corrected chi connectivity index (χ3v) is 6.72. The van der Waals surface area contributed by atoms with Crippen molar-refractivity contribution in [2.75, 3.05) is 36.8 Å². The minimum atomic E-state index is -3.46. The Morgan fingerprint density at radius 2 is 1.88 bits per heavy atom. The first-order valence-corrected chi connectivity index (χ1v) is 9.92. The van der Waals surface area contributed by atoms with Gasteiger partial charge in [-0.3, -0.25) is 4.79 Å². The first-order chi connectivity index (χ1) is 11.3. The molecule has 1 heterocycles. The van der Waals surface area contributed by atoms with Crippen molar-refractivity contribution >= 4 is 21.4 Å². The number of benzene rings is 1. The molecule has 0 bridgehead atoms. The molecule has 2 rings (SSSR count). The second kappa shape index (κ2) is 7.38. The number of amides is 1. The van der Waals surface area contributed by atoms with Crippen molar-refractivity contribution in [1.82, 2.24) is 4.90 Å². The van der Waals surface area contributed by atoms with E-state index in [9.17, 15) is 13.2 Å². The van der Waals surface area contributed by atoms with Crippen molar-refractivity contribution < 1.29 is 13.2 Å². The standard InChI is InChI=1S/C18H26N2O3S/c1-5-13-24(22,23)16(4)18(21)20-11-9-19(10-12-20)17-8-6-7-14(2)15(17)3/h5-8,16H,1,9-13H2,2-4H3. The summed E-state index contributed by atoms with van der Waals surface area (Å²) in [5, 5.41) is -1.01. The molecule has 5 nitrogen and oxygen atoms in total. The number of rotatable bonds is 5. The summed E-state index contributed by atoms with van der Waals surface area (Å²) in [6, 6.07) is 6.22. The summed E-state index contributed by atoms with van der Waals surface area (Å²) < 4.78 is 24.1. The largest absolute Gasteiger partial charge is 0.368 e. The number of carbonyl (C=O) groups excluding carboxylic acids is 1. The number of piperazine rings is 1. The van der Waals surface area contributed by atoms with E-state index in [0.717, 1.165) is 0 Å². The van der Waals surface area contributed by atoms with E-state index in [1.54, 1.807) is 4.90 Å². The quantitative estimate of drug-likeness (QED) is 0.762. The topological polar surface area (TPSA) is 57.7 Å². The molecule has 24 heavy (non-hydrogen) atoms. The van der Waals surface area contributed by atoms with Crippen molar-refractivity contribution in [1.29, 1.82) is 0 Å². The van der Waals surface area contributed by atoms with E-state index in [-0.39, 0.29) is 11.7 Å². The third kappa shape index (κ3) is 3.80. The summed E-state index contributed by atoms with van der Waals surface area (Å²) >= 11 is 0. The van der Waals surface area contributed by atoms with Gasteiger partial charge in [-0.25, -0.2) is 8.42 Å². The fourth-order valence-electron chi connectivity index (χ4n) is 2.97. The summed E-state index contributed by atoms with van der Waals surface area (Å²) in [6.07, 6.45) is 1.33. The maximum atomic E-state index is 12.5. The monoisotopic (exact) mass is 350 g/mol. The smallest absolute Gasteiger partial charge is 0.240 e. The van der Waals surface area contributed by atoms with Crippen LogP contribution in [0.2, 0.25) is 0 Å². The van der Waals surface area contributed by atoms with Gasteiger partial charge in [0.05, 0.1) is 5.75 Å². The molecule has 1 saturated heterocycles. The number of hydrogen-bond acceptors (Lipinski definition) is 4. The van der Waals surface area contributed by atoms with Crippen molar-refractivity contribution in [3.05, 3.63) is 42.0 Å². The molecule has 0 radical (unpaired) electrons. The lowest BCUT2D eigenvalue weighted by atomic mass is 10.1. The molecule has 0 spiro atoms. The average molecular weight is 350 g/mol. The minimum Gasteiger partial charge on any atom is -0.368 e. The number of sulfone groups is 1. The van der Waals surface area contributed by atoms with Crippen LogP contribution in [0.15, 0.2) is 30.9 Å². The first kappa shape index (κ1) is 18.5. The zero-order valence-electron chi connectivity index (χ0n) is 14.7. The SMILES string of the molecule is C=CCS(=O)(=O)C(C)C(=O)N1CCN(c2cccc(C)c2C)CC1. The summed E-state index contributed by atoms with van der Waals surface area (Å²) in [5.41, 5.74) is 3.68. The van der Waals surface area contributed by atoms with Crippen LogP contribution < -0.4 is 4.90 Å². The van der Waals surface area contributed by atoms with Crippen LogP contribution in [-0.4, -0.2) is 56.4 Å². The molecular weight excluding hydrogens is 324 g/mol. The zero-order valence-corrected chi connectivity index (χ0v) is 15.5. The van der Waals surface area contributed by atoms with E-state index >= 15 is 0 Å². The van der Waals surface area contributed by atoms with E-state index in [4.69, 9.17) is 0 Å². The molecule has 1 aliphatic heterocycles. The molecule has 0 N–H and O–H groups in total. The molecule has 1 aliphatic rings. The Balaban J connectivity index is 2.03. The van der Waals surface area contributed by atoms with Gasteiger partial charge in [-0.1, -0.05) is 18.2 Å². The lowest BCUT2D eigenvalue weighted by Gasteiger charge is -2.37. The van der Waals surface area contributed by atoms with Crippen LogP contribution in [0.25, 0.3) is 0 Å². The zero-order chi connectivity index (χ0) is 17.9. The minimum absolute atomic E-state index is 0.164. The number of aryl methyl sites for hydroxylation is 1. The molecule has 0 aliphatic carbocycles. The Kier molecular flexibility index (Phi) is 5.70. The second-order valence-corrected chi connectivity index (χ2v) is 8.66. The van der Waals surface area contributed by atoms with Crippen LogP contribution in [0.4, 0.5) is 5.69 Å². The van der Waals surface area contributed by atoms with Gasteiger partial charge >= 0.3 is 0 Å². The van der Waals surface area contributed by atoms with Crippen molar-refractivity contribution in [2.45, 2.75) is 26.0 Å². The van der Waals surface area contributed by atoms with Crippen LogP contribution in [0.3, 0.4) is 0 Å². The van der Waals surface area contributed by atoms with Crippen LogP contribution in [-0.2, 0) is 14.6 Å². The molecule has 1 aromatic carbocycles. The van der Waals surface area contributed by atoms with Gasteiger partial charge in [0.15, 0.2) is 9.84 Å². The fourth-order valence-corrected chi connectivity index (χ4v) is 4.04. The number of anilines is 1. The maximum absolute atomic E-state index is 12.5. The van der Waals surface area contributed by atoms with Crippen LogP contribution in [0.5, 0.6) is 0 Å². The summed E-state index contributed by atoms with van der Waals surface area (Å²) in [5.74, 6) is -0.472. The van der Waals surface area contributed by atoms with Gasteiger partial charge in [0.1, 0.15) is 5.25 Å². The highest BCUT2D eigenvalue weighted by atomic mass is 32.2. The fraction of sp³-hybridized carbons (Fsp3) is 0.500. The Bertz CT molecular complexity index is 720. The van der Waals surface area contributed by atoms with Gasteiger partial charge in [-0.05, 0) is 38.0 Å². The summed E-state index contributed by atoms with van der Waals surface area (Å²) in [4.78, 5) is 16.4. The number of carbonyl (C=O) groups is 1. The lowest BCUT2D eigenvalue weighted by molar-refractivity contribution is -0.130. The van der Waals surface area contributed by atoms with Gasteiger partial charge in [0.2, 0.25) is 5.91 Å². The van der Waals surface area contributed by atoms with E-state index in [1.165, 1.54) is 29.8 Å². The summed E-state index contributed by atoms with van der Waals surface area (Å²) in [7, 11) is -3.46. The highest BCUT2D eigenvalue weighted by Crippen LogP contribution is 2.24. The molecule has 0 aromatic heterocycles. The number of nitrogens with zero attached hydrogens (tertiary/aromatic N) is 2. The molecule has 1 atom stereocenters. The van der Waals surface area contributed by atoms with E-state index in [2.05, 4.69) is 37.5 Å². The van der Waals surface area contributed by atoms with Gasteiger partial charge < -0.3 is 9.80 Å².